The van der Waals surface area contributed by atoms with Crippen molar-refractivity contribution in [1.29, 1.82) is 0 Å². The zero-order chi connectivity index (χ0) is 12.0. The van der Waals surface area contributed by atoms with Gasteiger partial charge in [0.15, 0.2) is 6.10 Å². The van der Waals surface area contributed by atoms with Crippen LogP contribution >= 0.6 is 0 Å². The van der Waals surface area contributed by atoms with E-state index in [2.05, 4.69) is 0 Å². The first-order valence-corrected chi connectivity index (χ1v) is 6.02. The number of carbonyl (C=O) groups excluding carboxylic acids is 2. The fraction of sp³-hybridized carbons (Fsp3) is 0.833. The Bertz CT molecular complexity index is 243. The van der Waals surface area contributed by atoms with Crippen LogP contribution in [0.25, 0.3) is 0 Å². The molecule has 0 spiro atoms. The van der Waals surface area contributed by atoms with E-state index in [1.165, 1.54) is 6.42 Å². The molecular formula is C12H20O4. The van der Waals surface area contributed by atoms with E-state index in [1.807, 2.05) is 0 Å². The van der Waals surface area contributed by atoms with Gasteiger partial charge in [-0.2, -0.15) is 0 Å². The molecule has 1 unspecified atom stereocenters. The molecule has 16 heavy (non-hydrogen) atoms. The minimum Gasteiger partial charge on any atom is -0.463 e. The quantitative estimate of drug-likeness (QED) is 0.691. The summed E-state index contributed by atoms with van der Waals surface area (Å²) in [7, 11) is 0. The summed E-state index contributed by atoms with van der Waals surface area (Å²) >= 11 is 0. The van der Waals surface area contributed by atoms with Crippen molar-refractivity contribution in [2.45, 2.75) is 52.1 Å². The molecule has 0 heterocycles. The van der Waals surface area contributed by atoms with Crippen molar-refractivity contribution in [2.75, 3.05) is 6.61 Å². The number of ether oxygens (including phenoxy) is 2. The second-order valence-corrected chi connectivity index (χ2v) is 4.17. The van der Waals surface area contributed by atoms with Crippen LogP contribution in [0.15, 0.2) is 0 Å². The number of hydrogen-bond donors (Lipinski definition) is 0. The van der Waals surface area contributed by atoms with Crippen molar-refractivity contribution in [1.82, 2.24) is 0 Å². The average molecular weight is 228 g/mol. The molecule has 92 valence electrons. The maximum absolute atomic E-state index is 11.7. The van der Waals surface area contributed by atoms with Gasteiger partial charge in [0.1, 0.15) is 0 Å². The highest BCUT2D eigenvalue weighted by atomic mass is 16.6. The maximum atomic E-state index is 11.7. The Balaban J connectivity index is 2.34. The van der Waals surface area contributed by atoms with Gasteiger partial charge in [-0.3, -0.25) is 4.79 Å². The standard InChI is InChI=1S/C12H20O4/c1-3-15-11(13)9(2)16-12(14)10-7-5-4-6-8-10/h9-10H,3-8H2,1-2H3. The SMILES string of the molecule is CCOC(=O)C(C)OC(=O)C1CCCCC1. The minimum atomic E-state index is -0.783. The highest BCUT2D eigenvalue weighted by Gasteiger charge is 2.26. The second-order valence-electron chi connectivity index (χ2n) is 4.17. The third-order valence-corrected chi connectivity index (χ3v) is 2.85. The molecule has 0 saturated heterocycles. The summed E-state index contributed by atoms with van der Waals surface area (Å²) in [5, 5.41) is 0. The second kappa shape index (κ2) is 6.51. The minimum absolute atomic E-state index is 0.0226. The van der Waals surface area contributed by atoms with Crippen LogP contribution in [0.4, 0.5) is 0 Å². The van der Waals surface area contributed by atoms with E-state index >= 15 is 0 Å². The highest BCUT2D eigenvalue weighted by Crippen LogP contribution is 2.25. The first-order valence-electron chi connectivity index (χ1n) is 6.02. The number of hydrogen-bond acceptors (Lipinski definition) is 4. The van der Waals surface area contributed by atoms with Crippen LogP contribution in [0.2, 0.25) is 0 Å². The molecule has 0 N–H and O–H groups in total. The van der Waals surface area contributed by atoms with Gasteiger partial charge in [0.05, 0.1) is 12.5 Å². The Labute approximate surface area is 96.3 Å². The molecule has 1 fully saturated rings. The monoisotopic (exact) mass is 228 g/mol. The van der Waals surface area contributed by atoms with Gasteiger partial charge in [-0.1, -0.05) is 19.3 Å². The Morgan fingerprint density at radius 1 is 1.25 bits per heavy atom. The van der Waals surface area contributed by atoms with E-state index in [0.717, 1.165) is 25.7 Å². The first kappa shape index (κ1) is 13.0. The summed E-state index contributed by atoms with van der Waals surface area (Å²) in [6.45, 7) is 3.59. The Morgan fingerprint density at radius 2 is 1.88 bits per heavy atom. The molecule has 1 aliphatic carbocycles. The van der Waals surface area contributed by atoms with Gasteiger partial charge in [-0.05, 0) is 26.7 Å². The molecule has 0 aromatic carbocycles. The summed E-state index contributed by atoms with van der Waals surface area (Å²) in [5.74, 6) is -0.738. The topological polar surface area (TPSA) is 52.6 Å². The predicted octanol–water partition coefficient (Wildman–Crippen LogP) is 2.06. The largest absolute Gasteiger partial charge is 0.463 e. The van der Waals surface area contributed by atoms with Gasteiger partial charge >= 0.3 is 11.9 Å². The van der Waals surface area contributed by atoms with Crippen molar-refractivity contribution in [3.8, 4) is 0 Å². The predicted molar refractivity (Wildman–Crippen MR) is 58.8 cm³/mol. The van der Waals surface area contributed by atoms with Crippen LogP contribution in [-0.4, -0.2) is 24.6 Å². The summed E-state index contributed by atoms with van der Waals surface area (Å²) < 4.78 is 9.87. The molecule has 0 aromatic heterocycles. The van der Waals surface area contributed by atoms with E-state index < -0.39 is 12.1 Å². The van der Waals surface area contributed by atoms with Gasteiger partial charge in [-0.25, -0.2) is 4.79 Å². The molecule has 0 radical (unpaired) electrons. The summed E-state index contributed by atoms with van der Waals surface area (Å²) in [6.07, 6.45) is 4.33. The number of esters is 2. The van der Waals surface area contributed by atoms with Gasteiger partial charge in [0.2, 0.25) is 0 Å². The van der Waals surface area contributed by atoms with Crippen LogP contribution < -0.4 is 0 Å². The number of rotatable bonds is 4. The van der Waals surface area contributed by atoms with Crippen LogP contribution in [0.3, 0.4) is 0 Å². The molecule has 4 heteroatoms. The maximum Gasteiger partial charge on any atom is 0.347 e. The van der Waals surface area contributed by atoms with Crippen LogP contribution in [0.5, 0.6) is 0 Å². The zero-order valence-electron chi connectivity index (χ0n) is 10.0. The fourth-order valence-corrected chi connectivity index (χ4v) is 1.92. The lowest BCUT2D eigenvalue weighted by Gasteiger charge is -2.21. The molecular weight excluding hydrogens is 208 g/mol. The number of carbonyl (C=O) groups is 2. The molecule has 1 aliphatic rings. The summed E-state index contributed by atoms with van der Waals surface area (Å²) in [4.78, 5) is 22.9. The molecule has 1 saturated carbocycles. The Morgan fingerprint density at radius 3 is 2.44 bits per heavy atom. The van der Waals surface area contributed by atoms with Crippen LogP contribution in [0, 0.1) is 5.92 Å². The van der Waals surface area contributed by atoms with Crippen LogP contribution in [-0.2, 0) is 19.1 Å². The van der Waals surface area contributed by atoms with Gasteiger partial charge in [0.25, 0.3) is 0 Å². The van der Waals surface area contributed by atoms with Gasteiger partial charge < -0.3 is 9.47 Å². The van der Waals surface area contributed by atoms with Crippen molar-refractivity contribution >= 4 is 11.9 Å². The molecule has 1 atom stereocenters. The lowest BCUT2D eigenvalue weighted by atomic mass is 9.89. The van der Waals surface area contributed by atoms with Crippen LogP contribution in [0.1, 0.15) is 46.0 Å². The highest BCUT2D eigenvalue weighted by molar-refractivity contribution is 5.80. The smallest absolute Gasteiger partial charge is 0.347 e. The van der Waals surface area contributed by atoms with E-state index in [-0.39, 0.29) is 11.9 Å². The molecule has 0 bridgehead atoms. The molecule has 0 aromatic rings. The van der Waals surface area contributed by atoms with Crippen molar-refractivity contribution in [3.05, 3.63) is 0 Å². The Hall–Kier alpha value is -1.06. The van der Waals surface area contributed by atoms with E-state index in [1.54, 1.807) is 13.8 Å². The normalized spacial score (nSPS) is 18.9. The first-order chi connectivity index (χ1) is 7.65. The lowest BCUT2D eigenvalue weighted by Crippen LogP contribution is -2.30. The summed E-state index contributed by atoms with van der Waals surface area (Å²) in [5.41, 5.74) is 0. The average Bonchev–Trinajstić information content (AvgIpc) is 2.30. The fourth-order valence-electron chi connectivity index (χ4n) is 1.92. The van der Waals surface area contributed by atoms with Gasteiger partial charge in [0, 0.05) is 0 Å². The zero-order valence-corrected chi connectivity index (χ0v) is 10.0. The van der Waals surface area contributed by atoms with Crippen molar-refractivity contribution in [3.63, 3.8) is 0 Å². The molecule has 4 nitrogen and oxygen atoms in total. The third kappa shape index (κ3) is 3.83. The molecule has 0 aliphatic heterocycles. The van der Waals surface area contributed by atoms with E-state index in [9.17, 15) is 9.59 Å². The van der Waals surface area contributed by atoms with E-state index in [0.29, 0.717) is 6.61 Å². The van der Waals surface area contributed by atoms with E-state index in [4.69, 9.17) is 9.47 Å². The lowest BCUT2D eigenvalue weighted by molar-refractivity contribution is -0.169. The third-order valence-electron chi connectivity index (χ3n) is 2.85. The van der Waals surface area contributed by atoms with Crippen molar-refractivity contribution < 1.29 is 19.1 Å². The molecule has 0 amide bonds. The summed E-state index contributed by atoms with van der Waals surface area (Å²) in [6, 6.07) is 0. The van der Waals surface area contributed by atoms with Gasteiger partial charge in [-0.15, -0.1) is 0 Å². The Kier molecular flexibility index (Phi) is 5.29. The molecule has 1 rings (SSSR count). The van der Waals surface area contributed by atoms with Crippen molar-refractivity contribution in [2.24, 2.45) is 5.92 Å².